The molecule has 0 spiro atoms. The van der Waals surface area contributed by atoms with Gasteiger partial charge in [0.2, 0.25) is 5.82 Å². The number of morpholine rings is 1. The van der Waals surface area contributed by atoms with Crippen molar-refractivity contribution in [3.8, 4) is 6.07 Å². The van der Waals surface area contributed by atoms with Gasteiger partial charge in [0.05, 0.1) is 30.5 Å². The monoisotopic (exact) mass is 565 g/mol. The fraction of sp³-hybridized carbons (Fsp3) is 0.594. The number of piperidine rings is 1. The molecule has 10 nitrogen and oxygen atoms in total. The van der Waals surface area contributed by atoms with Gasteiger partial charge in [-0.25, -0.2) is 19.6 Å². The number of likely N-dealkylation sites (tertiary alicyclic amines) is 1. The van der Waals surface area contributed by atoms with E-state index in [0.29, 0.717) is 0 Å². The van der Waals surface area contributed by atoms with Crippen molar-refractivity contribution in [3.05, 3.63) is 41.3 Å². The largest absolute Gasteiger partial charge is 0.379 e. The molecule has 6 heterocycles. The Labute approximate surface area is 247 Å². The van der Waals surface area contributed by atoms with Crippen LogP contribution < -0.4 is 4.90 Å². The molecule has 1 saturated carbocycles. The van der Waals surface area contributed by atoms with Crippen molar-refractivity contribution in [1.29, 1.82) is 5.26 Å². The van der Waals surface area contributed by atoms with E-state index in [1.165, 1.54) is 25.1 Å². The summed E-state index contributed by atoms with van der Waals surface area (Å²) >= 11 is 0. The van der Waals surface area contributed by atoms with Crippen molar-refractivity contribution in [1.82, 2.24) is 29.5 Å². The van der Waals surface area contributed by atoms with Gasteiger partial charge in [-0.3, -0.25) is 4.90 Å². The first-order chi connectivity index (χ1) is 20.6. The maximum atomic E-state index is 9.75. The molecule has 0 amide bonds. The van der Waals surface area contributed by atoms with E-state index in [0.717, 1.165) is 117 Å². The molecule has 8 rings (SSSR count). The summed E-state index contributed by atoms with van der Waals surface area (Å²) < 4.78 is 7.90. The molecule has 3 aromatic rings. The molecule has 1 aliphatic carbocycles. The first-order valence-electron chi connectivity index (χ1n) is 15.8. The van der Waals surface area contributed by atoms with Gasteiger partial charge in [-0.05, 0) is 56.1 Å². The maximum absolute atomic E-state index is 9.75. The Hall–Kier alpha value is -3.55. The molecule has 0 bridgehead atoms. The smallest absolute Gasteiger partial charge is 0.234 e. The van der Waals surface area contributed by atoms with E-state index >= 15 is 0 Å². The summed E-state index contributed by atoms with van der Waals surface area (Å²) in [5.74, 6) is 5.04. The van der Waals surface area contributed by atoms with Gasteiger partial charge >= 0.3 is 0 Å². The molecular formula is C32H39N9O. The zero-order chi connectivity index (χ0) is 28.2. The Morgan fingerprint density at radius 3 is 2.69 bits per heavy atom. The molecule has 1 aromatic carbocycles. The number of aromatic nitrogens is 4. The molecule has 2 atom stereocenters. The van der Waals surface area contributed by atoms with Crippen LogP contribution in [0.5, 0.6) is 0 Å². The minimum absolute atomic E-state index is 0.0667. The first kappa shape index (κ1) is 26.1. The van der Waals surface area contributed by atoms with E-state index < -0.39 is 0 Å². The van der Waals surface area contributed by atoms with Crippen LogP contribution >= 0.6 is 0 Å². The predicted octanol–water partition coefficient (Wildman–Crippen LogP) is 4.73. The standard InChI is InChI=1S/C32H39N9O/c1-21-5-4-6-24-31(21)32(35-27(18-33)34-24)40-10-3-2-7-26(40)25-16-29-36-28(39-19-23(20-39)15-22-8-9-22)17-30(41(29)37-25)38-11-13-42-14-12-38/h4-6,16,22-23,26,30H,2-3,7-15,17,19-20H2,1H3. The van der Waals surface area contributed by atoms with Crippen LogP contribution in [0.2, 0.25) is 0 Å². The number of rotatable bonds is 5. The second-order valence-corrected chi connectivity index (χ2v) is 12.8. The van der Waals surface area contributed by atoms with Crippen molar-refractivity contribution < 1.29 is 4.74 Å². The Balaban J connectivity index is 1.15. The van der Waals surface area contributed by atoms with Crippen molar-refractivity contribution in [3.63, 3.8) is 0 Å². The SMILES string of the molecule is Cc1cccc2nc(C#N)nc(N3CCCCC3c3cc4n(n3)C(N3CCOCC3)CC(N3CC(CC5CC5)C3)=N4)c12. The minimum atomic E-state index is 0.0667. The van der Waals surface area contributed by atoms with E-state index in [9.17, 15) is 5.26 Å². The van der Waals surface area contributed by atoms with Gasteiger partial charge in [-0.2, -0.15) is 10.4 Å². The number of hydrogen-bond donors (Lipinski definition) is 0. The highest BCUT2D eigenvalue weighted by Gasteiger charge is 2.39. The average Bonchev–Trinajstić information content (AvgIpc) is 3.73. The first-order valence-corrected chi connectivity index (χ1v) is 15.8. The van der Waals surface area contributed by atoms with Gasteiger partial charge in [-0.1, -0.05) is 25.0 Å². The Morgan fingerprint density at radius 1 is 1.02 bits per heavy atom. The molecule has 4 aliphatic heterocycles. The molecule has 42 heavy (non-hydrogen) atoms. The summed E-state index contributed by atoms with van der Waals surface area (Å²) in [6, 6.07) is 10.6. The zero-order valence-corrected chi connectivity index (χ0v) is 24.5. The topological polar surface area (TPSA) is 98.7 Å². The minimum Gasteiger partial charge on any atom is -0.379 e. The highest BCUT2D eigenvalue weighted by molar-refractivity contribution is 5.93. The van der Waals surface area contributed by atoms with Crippen molar-refractivity contribution >= 4 is 28.4 Å². The third kappa shape index (κ3) is 4.73. The summed E-state index contributed by atoms with van der Waals surface area (Å²) in [6.07, 6.45) is 8.49. The number of aliphatic imine (C=N–C) groups is 1. The highest BCUT2D eigenvalue weighted by Crippen LogP contribution is 2.42. The van der Waals surface area contributed by atoms with Crippen LogP contribution in [0.25, 0.3) is 10.9 Å². The second kappa shape index (κ2) is 10.6. The summed E-state index contributed by atoms with van der Waals surface area (Å²) in [6.45, 7) is 8.60. The Kier molecular flexibility index (Phi) is 6.60. The Morgan fingerprint density at radius 2 is 1.88 bits per heavy atom. The number of benzene rings is 1. The number of hydrogen-bond acceptors (Lipinski definition) is 9. The molecule has 2 unspecified atom stereocenters. The molecule has 2 aromatic heterocycles. The fourth-order valence-corrected chi connectivity index (χ4v) is 7.49. The van der Waals surface area contributed by atoms with Crippen molar-refractivity contribution in [2.45, 2.75) is 64.1 Å². The summed E-state index contributed by atoms with van der Waals surface area (Å²) in [7, 11) is 0. The number of ether oxygens (including phenoxy) is 1. The number of amidine groups is 1. The molecule has 0 radical (unpaired) electrons. The molecule has 0 N–H and O–H groups in total. The van der Waals surface area contributed by atoms with Gasteiger partial charge in [0.15, 0.2) is 5.82 Å². The number of nitrogens with zero attached hydrogens (tertiary/aromatic N) is 9. The summed E-state index contributed by atoms with van der Waals surface area (Å²) in [5, 5.41) is 16.1. The fourth-order valence-electron chi connectivity index (χ4n) is 7.49. The lowest BCUT2D eigenvalue weighted by molar-refractivity contribution is -0.00486. The van der Waals surface area contributed by atoms with E-state index in [2.05, 4.69) is 49.5 Å². The van der Waals surface area contributed by atoms with Crippen LogP contribution in [0.3, 0.4) is 0 Å². The molecule has 10 heteroatoms. The van der Waals surface area contributed by atoms with Gasteiger partial charge in [0.25, 0.3) is 0 Å². The molecule has 3 saturated heterocycles. The van der Waals surface area contributed by atoms with E-state index in [1.54, 1.807) is 0 Å². The van der Waals surface area contributed by atoms with Crippen LogP contribution in [0.4, 0.5) is 11.6 Å². The van der Waals surface area contributed by atoms with Gasteiger partial charge < -0.3 is 14.5 Å². The van der Waals surface area contributed by atoms with Gasteiger partial charge in [-0.15, -0.1) is 0 Å². The number of fused-ring (bicyclic) bond motifs is 2. The molecule has 4 fully saturated rings. The van der Waals surface area contributed by atoms with Crippen LogP contribution in [0.15, 0.2) is 29.3 Å². The third-order valence-corrected chi connectivity index (χ3v) is 9.91. The van der Waals surface area contributed by atoms with Crippen molar-refractivity contribution in [2.75, 3.05) is 50.8 Å². The lowest BCUT2D eigenvalue weighted by Crippen LogP contribution is -2.52. The van der Waals surface area contributed by atoms with Gasteiger partial charge in [0, 0.05) is 50.6 Å². The average molecular weight is 566 g/mol. The Bertz CT molecular complexity index is 1560. The van der Waals surface area contributed by atoms with E-state index in [1.807, 2.05) is 12.1 Å². The summed E-state index contributed by atoms with van der Waals surface area (Å²) in [4.78, 5) is 22.0. The van der Waals surface area contributed by atoms with Gasteiger partial charge in [0.1, 0.15) is 23.9 Å². The number of anilines is 1. The zero-order valence-electron chi connectivity index (χ0n) is 24.5. The third-order valence-electron chi connectivity index (χ3n) is 9.91. The lowest BCUT2D eigenvalue weighted by Gasteiger charge is -2.45. The lowest BCUT2D eigenvalue weighted by atomic mass is 9.93. The molecule has 218 valence electrons. The predicted molar refractivity (Wildman–Crippen MR) is 161 cm³/mol. The van der Waals surface area contributed by atoms with Crippen molar-refractivity contribution in [2.24, 2.45) is 16.8 Å². The van der Waals surface area contributed by atoms with Crippen LogP contribution in [-0.4, -0.2) is 81.3 Å². The molecule has 5 aliphatic rings. The van der Waals surface area contributed by atoms with E-state index in [-0.39, 0.29) is 18.0 Å². The van der Waals surface area contributed by atoms with Crippen LogP contribution in [0, 0.1) is 30.1 Å². The number of nitriles is 1. The quantitative estimate of drug-likeness (QED) is 0.438. The summed E-state index contributed by atoms with van der Waals surface area (Å²) in [5.41, 5.74) is 2.99. The molecular weight excluding hydrogens is 526 g/mol. The van der Waals surface area contributed by atoms with E-state index in [4.69, 9.17) is 19.8 Å². The normalized spacial score (nSPS) is 25.2. The van der Waals surface area contributed by atoms with Crippen LogP contribution in [0.1, 0.15) is 74.2 Å². The number of aryl methyl sites for hydroxylation is 1. The maximum Gasteiger partial charge on any atom is 0.234 e. The van der Waals surface area contributed by atoms with Crippen LogP contribution in [-0.2, 0) is 4.74 Å². The second-order valence-electron chi connectivity index (χ2n) is 12.8. The highest BCUT2D eigenvalue weighted by atomic mass is 16.5.